The zero-order valence-electron chi connectivity index (χ0n) is 14.5. The van der Waals surface area contributed by atoms with E-state index in [-0.39, 0.29) is 16.8 Å². The smallest absolute Gasteiger partial charge is 0.287 e. The van der Waals surface area contributed by atoms with Gasteiger partial charge in [0.25, 0.3) is 0 Å². The molecule has 0 unspecified atom stereocenters. The van der Waals surface area contributed by atoms with Gasteiger partial charge in [-0.05, 0) is 24.3 Å². The normalized spacial score (nSPS) is 10.8. The van der Waals surface area contributed by atoms with Crippen molar-refractivity contribution >= 4 is 0 Å². The molecule has 2 aromatic heterocycles. The Kier molecular flexibility index (Phi) is 5.69. The van der Waals surface area contributed by atoms with Gasteiger partial charge >= 0.3 is 6.18 Å². The number of nitrogens with zero attached hydrogens (tertiary/aromatic N) is 3. The molecule has 28 heavy (non-hydrogen) atoms. The molecule has 2 heterocycles. The average Bonchev–Trinajstić information content (AvgIpc) is 3.24. The fraction of sp³-hybridized carbons (Fsp3) is 0.0500. The van der Waals surface area contributed by atoms with Crippen LogP contribution in [0.5, 0.6) is 0 Å². The van der Waals surface area contributed by atoms with Crippen LogP contribution in [0.4, 0.5) is 13.2 Å². The first-order valence-corrected chi connectivity index (χ1v) is 8.23. The molecule has 0 atom stereocenters. The van der Waals surface area contributed by atoms with Crippen LogP contribution in [-0.4, -0.2) is 20.0 Å². The minimum atomic E-state index is -4.44. The number of rotatable bonds is 2. The number of aromatic amines is 1. The Bertz CT molecular complexity index is 1050. The molecule has 2 aromatic carbocycles. The first-order valence-electron chi connectivity index (χ1n) is 8.23. The van der Waals surface area contributed by atoms with Crippen LogP contribution in [0.25, 0.3) is 17.1 Å². The Labute approximate surface area is 158 Å². The van der Waals surface area contributed by atoms with Gasteiger partial charge in [-0.1, -0.05) is 42.5 Å². The highest BCUT2D eigenvalue weighted by atomic mass is 19.4. The highest BCUT2D eigenvalue weighted by Gasteiger charge is 2.30. The number of hydrogen-bond donors (Lipinski definition) is 1. The second-order valence-electron chi connectivity index (χ2n) is 5.64. The van der Waals surface area contributed by atoms with E-state index in [1.54, 1.807) is 6.07 Å². The molecule has 0 aliphatic rings. The number of H-pyrrole nitrogens is 1. The summed E-state index contributed by atoms with van der Waals surface area (Å²) in [5.74, 6) is 0. The van der Waals surface area contributed by atoms with Crippen molar-refractivity contribution in [2.24, 2.45) is 0 Å². The van der Waals surface area contributed by atoms with Crippen molar-refractivity contribution < 1.29 is 13.2 Å². The van der Waals surface area contributed by atoms with Crippen molar-refractivity contribution in [3.8, 4) is 17.1 Å². The number of halogens is 3. The number of hydrogen-bond acceptors (Lipinski definition) is 3. The van der Waals surface area contributed by atoms with Crippen LogP contribution in [0.1, 0.15) is 5.56 Å². The maximum absolute atomic E-state index is 12.8. The van der Waals surface area contributed by atoms with Gasteiger partial charge in [0.2, 0.25) is 5.43 Å². The molecule has 0 radical (unpaired) electrons. The molecule has 4 rings (SSSR count). The number of aromatic nitrogens is 4. The van der Waals surface area contributed by atoms with Crippen LogP contribution >= 0.6 is 0 Å². The largest absolute Gasteiger partial charge is 0.416 e. The molecule has 8 heteroatoms. The maximum Gasteiger partial charge on any atom is 0.416 e. The van der Waals surface area contributed by atoms with Gasteiger partial charge in [0.15, 0.2) is 5.69 Å². The fourth-order valence-electron chi connectivity index (χ4n) is 2.33. The van der Waals surface area contributed by atoms with E-state index in [0.717, 1.165) is 12.1 Å². The molecule has 0 saturated heterocycles. The monoisotopic (exact) mass is 384 g/mol. The predicted octanol–water partition coefficient (Wildman–Crippen LogP) is 4.33. The Hall–Kier alpha value is -3.68. The quantitative estimate of drug-likeness (QED) is 0.560. The summed E-state index contributed by atoms with van der Waals surface area (Å²) in [6.07, 6.45) is -1.61. The molecule has 0 amide bonds. The lowest BCUT2D eigenvalue weighted by Crippen LogP contribution is -2.13. The third-order valence-electron chi connectivity index (χ3n) is 3.66. The van der Waals surface area contributed by atoms with Crippen LogP contribution < -0.4 is 5.43 Å². The van der Waals surface area contributed by atoms with E-state index in [1.165, 1.54) is 35.3 Å². The molecule has 4 aromatic rings. The second kappa shape index (κ2) is 8.34. The highest BCUT2D eigenvalue weighted by Crippen LogP contribution is 2.30. The van der Waals surface area contributed by atoms with Crippen molar-refractivity contribution in [2.75, 3.05) is 0 Å². The van der Waals surface area contributed by atoms with Gasteiger partial charge in [-0.2, -0.15) is 23.4 Å². The van der Waals surface area contributed by atoms with Gasteiger partial charge < -0.3 is 0 Å². The Morgan fingerprint density at radius 1 is 0.893 bits per heavy atom. The van der Waals surface area contributed by atoms with E-state index in [9.17, 15) is 18.0 Å². The molecule has 0 aliphatic carbocycles. The van der Waals surface area contributed by atoms with Crippen LogP contribution in [0.15, 0.2) is 90.0 Å². The second-order valence-corrected chi connectivity index (χ2v) is 5.64. The SMILES string of the molecule is O=c1ccn(-c2cccc(C(F)(F)F)c2)nc1-c1cc[nH]n1.c1ccccc1. The summed E-state index contributed by atoms with van der Waals surface area (Å²) in [5, 5.41) is 10.5. The minimum Gasteiger partial charge on any atom is -0.287 e. The summed E-state index contributed by atoms with van der Waals surface area (Å²) in [4.78, 5) is 11.8. The molecule has 0 aliphatic heterocycles. The van der Waals surface area contributed by atoms with Crippen molar-refractivity contribution in [1.29, 1.82) is 0 Å². The summed E-state index contributed by atoms with van der Waals surface area (Å²) in [7, 11) is 0. The minimum absolute atomic E-state index is 0.0566. The first kappa shape index (κ1) is 19.1. The van der Waals surface area contributed by atoms with Crippen molar-refractivity contribution in [3.63, 3.8) is 0 Å². The van der Waals surface area contributed by atoms with E-state index in [2.05, 4.69) is 15.3 Å². The van der Waals surface area contributed by atoms with Crippen LogP contribution in [0.3, 0.4) is 0 Å². The first-order chi connectivity index (χ1) is 13.4. The van der Waals surface area contributed by atoms with Gasteiger partial charge in [0, 0.05) is 18.5 Å². The van der Waals surface area contributed by atoms with Gasteiger partial charge in [0.1, 0.15) is 5.69 Å². The third-order valence-corrected chi connectivity index (χ3v) is 3.66. The van der Waals surface area contributed by atoms with Crippen molar-refractivity contribution in [3.05, 3.63) is 101 Å². The third kappa shape index (κ3) is 4.73. The fourth-order valence-corrected chi connectivity index (χ4v) is 2.33. The lowest BCUT2D eigenvalue weighted by Gasteiger charge is -2.10. The Morgan fingerprint density at radius 2 is 1.57 bits per heavy atom. The van der Waals surface area contributed by atoms with E-state index in [0.29, 0.717) is 5.69 Å². The Balaban J connectivity index is 0.000000320. The van der Waals surface area contributed by atoms with Crippen molar-refractivity contribution in [1.82, 2.24) is 20.0 Å². The van der Waals surface area contributed by atoms with E-state index in [4.69, 9.17) is 0 Å². The molecule has 142 valence electrons. The summed E-state index contributed by atoms with van der Waals surface area (Å²) in [6.45, 7) is 0. The van der Waals surface area contributed by atoms with Crippen molar-refractivity contribution in [2.45, 2.75) is 6.18 Å². The zero-order valence-corrected chi connectivity index (χ0v) is 14.5. The van der Waals surface area contributed by atoms with Crippen LogP contribution in [-0.2, 0) is 6.18 Å². The lowest BCUT2D eigenvalue weighted by molar-refractivity contribution is -0.137. The summed E-state index contributed by atoms with van der Waals surface area (Å²) >= 11 is 0. The molecular formula is C20H15F3N4O. The van der Waals surface area contributed by atoms with Crippen LogP contribution in [0, 0.1) is 0 Å². The number of benzene rings is 2. The molecule has 5 nitrogen and oxygen atoms in total. The Morgan fingerprint density at radius 3 is 2.14 bits per heavy atom. The van der Waals surface area contributed by atoms with E-state index in [1.807, 2.05) is 36.4 Å². The standard InChI is InChI=1S/C14H9F3N4O.C6H6/c15-14(16,17)9-2-1-3-10(8-9)21-7-5-12(22)13(20-21)11-4-6-18-19-11;1-2-4-6-5-3-1/h1-8H,(H,18,19);1-6H. The van der Waals surface area contributed by atoms with Gasteiger partial charge in [-0.3, -0.25) is 9.89 Å². The zero-order chi connectivity index (χ0) is 20.0. The van der Waals surface area contributed by atoms with E-state index >= 15 is 0 Å². The molecule has 0 spiro atoms. The van der Waals surface area contributed by atoms with E-state index < -0.39 is 11.7 Å². The number of alkyl halides is 3. The van der Waals surface area contributed by atoms with Gasteiger partial charge in [-0.15, -0.1) is 0 Å². The maximum atomic E-state index is 12.8. The summed E-state index contributed by atoms with van der Waals surface area (Å²) in [5.41, 5.74) is -0.568. The lowest BCUT2D eigenvalue weighted by atomic mass is 10.2. The van der Waals surface area contributed by atoms with Crippen LogP contribution in [0.2, 0.25) is 0 Å². The molecule has 0 saturated carbocycles. The summed E-state index contributed by atoms with van der Waals surface area (Å²) < 4.78 is 39.5. The molecule has 0 bridgehead atoms. The molecule has 1 N–H and O–H groups in total. The topological polar surface area (TPSA) is 63.6 Å². The summed E-state index contributed by atoms with van der Waals surface area (Å²) in [6, 6.07) is 19.5. The van der Waals surface area contributed by atoms with Gasteiger partial charge in [0.05, 0.1) is 11.3 Å². The molecular weight excluding hydrogens is 369 g/mol. The predicted molar refractivity (Wildman–Crippen MR) is 98.9 cm³/mol. The average molecular weight is 384 g/mol. The van der Waals surface area contributed by atoms with Gasteiger partial charge in [-0.25, -0.2) is 4.68 Å². The number of nitrogens with one attached hydrogen (secondary N) is 1. The molecule has 0 fully saturated rings. The highest BCUT2D eigenvalue weighted by molar-refractivity contribution is 5.52.